The summed E-state index contributed by atoms with van der Waals surface area (Å²) in [6.45, 7) is 2.09. The second-order valence-corrected chi connectivity index (χ2v) is 3.43. The minimum atomic E-state index is 0.202. The molecule has 0 fully saturated rings. The van der Waals surface area contributed by atoms with E-state index >= 15 is 0 Å². The second kappa shape index (κ2) is 3.75. The Morgan fingerprint density at radius 1 is 1.50 bits per heavy atom. The molecule has 0 aliphatic carbocycles. The first-order valence-corrected chi connectivity index (χ1v) is 4.84. The molecule has 2 aromatic rings. The Hall–Kier alpha value is -1.42. The molecule has 2 N–H and O–H groups in total. The van der Waals surface area contributed by atoms with Gasteiger partial charge >= 0.3 is 0 Å². The van der Waals surface area contributed by atoms with E-state index in [9.17, 15) is 0 Å². The minimum Gasteiger partial charge on any atom is -0.327 e. The Morgan fingerprint density at radius 3 is 3.14 bits per heavy atom. The highest BCUT2D eigenvalue weighted by Crippen LogP contribution is 2.04. The van der Waals surface area contributed by atoms with Gasteiger partial charge in [0.25, 0.3) is 0 Å². The van der Waals surface area contributed by atoms with Gasteiger partial charge in [0.2, 0.25) is 0 Å². The second-order valence-electron chi connectivity index (χ2n) is 3.43. The topological polar surface area (TPSA) is 56.2 Å². The predicted molar refractivity (Wildman–Crippen MR) is 55.0 cm³/mol. The Balaban J connectivity index is 2.25. The monoisotopic (exact) mass is 190 g/mol. The first kappa shape index (κ1) is 9.15. The van der Waals surface area contributed by atoms with Crippen LogP contribution in [0.5, 0.6) is 0 Å². The van der Waals surface area contributed by atoms with E-state index < -0.39 is 0 Å². The maximum absolute atomic E-state index is 5.86. The summed E-state index contributed by atoms with van der Waals surface area (Å²) in [6.07, 6.45) is 5.47. The van der Waals surface area contributed by atoms with E-state index in [1.807, 2.05) is 18.3 Å². The standard InChI is InChI=1S/C10H14N4/c1-2-8(11)7-9-4-6-14-10(13-9)3-5-12-14/h3-6,8H,2,7,11H2,1H3. The summed E-state index contributed by atoms with van der Waals surface area (Å²) in [7, 11) is 0. The van der Waals surface area contributed by atoms with E-state index in [4.69, 9.17) is 5.73 Å². The van der Waals surface area contributed by atoms with Gasteiger partial charge in [-0.05, 0) is 12.5 Å². The third-order valence-electron chi connectivity index (χ3n) is 2.31. The average molecular weight is 190 g/mol. The van der Waals surface area contributed by atoms with Crippen LogP contribution in [-0.2, 0) is 6.42 Å². The first-order valence-electron chi connectivity index (χ1n) is 4.84. The van der Waals surface area contributed by atoms with Crippen molar-refractivity contribution in [1.82, 2.24) is 14.6 Å². The summed E-state index contributed by atoms with van der Waals surface area (Å²) >= 11 is 0. The lowest BCUT2D eigenvalue weighted by Gasteiger charge is -2.07. The van der Waals surface area contributed by atoms with Gasteiger partial charge in [-0.2, -0.15) is 5.10 Å². The van der Waals surface area contributed by atoms with Crippen LogP contribution >= 0.6 is 0 Å². The number of rotatable bonds is 3. The van der Waals surface area contributed by atoms with Crippen LogP contribution in [0, 0.1) is 0 Å². The molecular formula is C10H14N4. The lowest BCUT2D eigenvalue weighted by atomic mass is 10.1. The van der Waals surface area contributed by atoms with Crippen molar-refractivity contribution in [3.05, 3.63) is 30.2 Å². The Labute approximate surface area is 82.8 Å². The molecule has 1 atom stereocenters. The third-order valence-corrected chi connectivity index (χ3v) is 2.31. The number of nitrogens with two attached hydrogens (primary N) is 1. The largest absolute Gasteiger partial charge is 0.327 e. The summed E-state index contributed by atoms with van der Waals surface area (Å²) in [6, 6.07) is 4.06. The van der Waals surface area contributed by atoms with Crippen molar-refractivity contribution in [2.45, 2.75) is 25.8 Å². The van der Waals surface area contributed by atoms with Gasteiger partial charge in [-0.25, -0.2) is 9.50 Å². The van der Waals surface area contributed by atoms with Gasteiger partial charge in [0.15, 0.2) is 5.65 Å². The molecule has 0 saturated heterocycles. The first-order chi connectivity index (χ1) is 6.79. The van der Waals surface area contributed by atoms with Gasteiger partial charge in [-0.15, -0.1) is 0 Å². The molecule has 0 aliphatic heterocycles. The molecule has 1 unspecified atom stereocenters. The molecule has 0 saturated carbocycles. The lowest BCUT2D eigenvalue weighted by molar-refractivity contribution is 0.636. The zero-order valence-electron chi connectivity index (χ0n) is 8.22. The summed E-state index contributed by atoms with van der Waals surface area (Å²) in [5.41, 5.74) is 7.78. The molecule has 0 aromatic carbocycles. The SMILES string of the molecule is CCC(N)Cc1ccn2nccc2n1. The normalized spacial score (nSPS) is 13.3. The van der Waals surface area contributed by atoms with E-state index in [-0.39, 0.29) is 6.04 Å². The third kappa shape index (κ3) is 1.75. The molecule has 0 aliphatic rings. The molecule has 0 radical (unpaired) electrons. The Morgan fingerprint density at radius 2 is 2.36 bits per heavy atom. The fourth-order valence-electron chi connectivity index (χ4n) is 1.38. The maximum atomic E-state index is 5.86. The van der Waals surface area contributed by atoms with Crippen LogP contribution in [-0.4, -0.2) is 20.6 Å². The molecule has 2 heterocycles. The summed E-state index contributed by atoms with van der Waals surface area (Å²) in [4.78, 5) is 4.44. The quantitative estimate of drug-likeness (QED) is 0.785. The number of hydrogen-bond acceptors (Lipinski definition) is 3. The van der Waals surface area contributed by atoms with Gasteiger partial charge in [-0.3, -0.25) is 0 Å². The van der Waals surface area contributed by atoms with Gasteiger partial charge in [0, 0.05) is 30.4 Å². The highest BCUT2D eigenvalue weighted by Gasteiger charge is 2.03. The average Bonchev–Trinajstić information content (AvgIpc) is 2.64. The highest BCUT2D eigenvalue weighted by atomic mass is 15.2. The molecule has 14 heavy (non-hydrogen) atoms. The fourth-order valence-corrected chi connectivity index (χ4v) is 1.38. The maximum Gasteiger partial charge on any atom is 0.155 e. The van der Waals surface area contributed by atoms with E-state index in [1.54, 1.807) is 10.7 Å². The van der Waals surface area contributed by atoms with E-state index in [2.05, 4.69) is 17.0 Å². The van der Waals surface area contributed by atoms with Gasteiger partial charge in [0.1, 0.15) is 0 Å². The molecule has 2 rings (SSSR count). The zero-order chi connectivity index (χ0) is 9.97. The van der Waals surface area contributed by atoms with Crippen LogP contribution in [0.25, 0.3) is 5.65 Å². The van der Waals surface area contributed by atoms with Gasteiger partial charge in [-0.1, -0.05) is 6.92 Å². The molecule has 4 nitrogen and oxygen atoms in total. The molecule has 2 aromatic heterocycles. The van der Waals surface area contributed by atoms with Crippen LogP contribution in [0.1, 0.15) is 19.0 Å². The number of aromatic nitrogens is 3. The van der Waals surface area contributed by atoms with Crippen LogP contribution in [0.15, 0.2) is 24.5 Å². The predicted octanol–water partition coefficient (Wildman–Crippen LogP) is 1.01. The van der Waals surface area contributed by atoms with Gasteiger partial charge in [0.05, 0.1) is 6.20 Å². The summed E-state index contributed by atoms with van der Waals surface area (Å²) in [5, 5.41) is 4.08. The Kier molecular flexibility index (Phi) is 2.45. The fraction of sp³-hybridized carbons (Fsp3) is 0.400. The van der Waals surface area contributed by atoms with Crippen LogP contribution in [0.3, 0.4) is 0 Å². The highest BCUT2D eigenvalue weighted by molar-refractivity contribution is 5.36. The van der Waals surface area contributed by atoms with E-state index in [0.29, 0.717) is 0 Å². The number of hydrogen-bond donors (Lipinski definition) is 1. The van der Waals surface area contributed by atoms with Crippen molar-refractivity contribution in [3.63, 3.8) is 0 Å². The van der Waals surface area contributed by atoms with Crippen molar-refractivity contribution in [2.75, 3.05) is 0 Å². The Bertz CT molecular complexity index is 421. The van der Waals surface area contributed by atoms with Crippen molar-refractivity contribution in [2.24, 2.45) is 5.73 Å². The van der Waals surface area contributed by atoms with E-state index in [1.165, 1.54) is 0 Å². The summed E-state index contributed by atoms with van der Waals surface area (Å²) < 4.78 is 1.75. The van der Waals surface area contributed by atoms with Crippen molar-refractivity contribution in [1.29, 1.82) is 0 Å². The molecule has 74 valence electrons. The molecule has 4 heteroatoms. The summed E-state index contributed by atoms with van der Waals surface area (Å²) in [5.74, 6) is 0. The molecular weight excluding hydrogens is 176 g/mol. The van der Waals surface area contributed by atoms with Crippen LogP contribution < -0.4 is 5.73 Å². The van der Waals surface area contributed by atoms with Crippen molar-refractivity contribution >= 4 is 5.65 Å². The van der Waals surface area contributed by atoms with Crippen molar-refractivity contribution < 1.29 is 0 Å². The molecule has 0 amide bonds. The lowest BCUT2D eigenvalue weighted by Crippen LogP contribution is -2.22. The molecule has 0 bridgehead atoms. The zero-order valence-corrected chi connectivity index (χ0v) is 8.22. The minimum absolute atomic E-state index is 0.202. The van der Waals surface area contributed by atoms with Crippen molar-refractivity contribution in [3.8, 4) is 0 Å². The van der Waals surface area contributed by atoms with Gasteiger partial charge < -0.3 is 5.73 Å². The molecule has 0 spiro atoms. The van der Waals surface area contributed by atoms with Crippen LogP contribution in [0.2, 0.25) is 0 Å². The number of nitrogens with zero attached hydrogens (tertiary/aromatic N) is 3. The smallest absolute Gasteiger partial charge is 0.155 e. The van der Waals surface area contributed by atoms with E-state index in [0.717, 1.165) is 24.2 Å². The van der Waals surface area contributed by atoms with Crippen LogP contribution in [0.4, 0.5) is 0 Å². The number of fused-ring (bicyclic) bond motifs is 1.